The van der Waals surface area contributed by atoms with E-state index in [4.69, 9.17) is 0 Å². The molecule has 0 aromatic heterocycles. The van der Waals surface area contributed by atoms with Gasteiger partial charge in [-0.25, -0.2) is 4.99 Å². The normalized spacial score (nSPS) is 16.5. The molecule has 0 aliphatic carbocycles. The lowest BCUT2D eigenvalue weighted by Crippen LogP contribution is -2.39. The topological polar surface area (TPSA) is 92.9 Å². The number of carbonyl (C=O) groups is 2. The molecule has 4 rings (SSSR count). The average molecular weight is 506 g/mol. The molecule has 1 aliphatic rings. The molecule has 0 spiro atoms. The molecule has 178 valence electrons. The highest BCUT2D eigenvalue weighted by Crippen LogP contribution is 2.36. The van der Waals surface area contributed by atoms with Crippen LogP contribution in [0, 0.1) is 10.1 Å². The number of benzene rings is 3. The van der Waals surface area contributed by atoms with Crippen LogP contribution in [0.3, 0.4) is 0 Å². The Balaban J connectivity index is 1.65. The Bertz CT molecular complexity index is 1290. The van der Waals surface area contributed by atoms with E-state index >= 15 is 0 Å². The maximum Gasteiger partial charge on any atom is 0.284 e. The van der Waals surface area contributed by atoms with Crippen molar-refractivity contribution in [1.82, 2.24) is 4.90 Å². The molecule has 0 unspecified atom stereocenters. The summed E-state index contributed by atoms with van der Waals surface area (Å²) in [6.45, 7) is 3.50. The molecule has 1 heterocycles. The number of amides is 1. The Morgan fingerprint density at radius 2 is 1.77 bits per heavy atom. The molecule has 0 saturated carbocycles. The number of nitro groups is 1. The number of carbonyl (C=O) groups excluding carboxylic acids is 2. The highest BCUT2D eigenvalue weighted by atomic mass is 32.2. The number of ketones is 1. The van der Waals surface area contributed by atoms with Crippen molar-refractivity contribution >= 4 is 51.8 Å². The fourth-order valence-electron chi connectivity index (χ4n) is 3.63. The van der Waals surface area contributed by atoms with E-state index in [-0.39, 0.29) is 29.0 Å². The van der Waals surface area contributed by atoms with E-state index in [1.54, 1.807) is 41.3 Å². The number of Topliss-reactive ketones (excluding diaryl/α,β-unsaturated/α-hetero) is 1. The Hall–Kier alpha value is -3.43. The maximum atomic E-state index is 13.6. The number of nitrogens with zero attached hydrogens (tertiary/aromatic N) is 3. The highest BCUT2D eigenvalue weighted by Gasteiger charge is 2.35. The molecule has 3 aromatic carbocycles. The predicted octanol–water partition coefficient (Wildman–Crippen LogP) is 6.60. The lowest BCUT2D eigenvalue weighted by Gasteiger charge is -2.23. The van der Waals surface area contributed by atoms with Gasteiger partial charge in [-0.05, 0) is 61.9 Å². The number of thioether (sulfide) groups is 1. The van der Waals surface area contributed by atoms with Crippen molar-refractivity contribution in [3.8, 4) is 0 Å². The van der Waals surface area contributed by atoms with E-state index < -0.39 is 4.92 Å². The molecule has 9 heteroatoms. The minimum Gasteiger partial charge on any atom is -0.295 e. The van der Waals surface area contributed by atoms with Crippen LogP contribution < -0.4 is 0 Å². The zero-order chi connectivity index (χ0) is 24.9. The standard InChI is InChI=1S/C26H23N3O4S2/c1-3-21-16-34-26(27-20-12-9-18(10-13-20)17(2)30)28(21)25(31)19-11-14-24(23(15-19)29(32)33)35-22-7-5-4-6-8-22/h4-15,21H,3,16H2,1-2H3/t21-/m0/s1. The second kappa shape index (κ2) is 10.9. The first kappa shape index (κ1) is 24.7. The van der Waals surface area contributed by atoms with Crippen LogP contribution in [0.1, 0.15) is 41.0 Å². The molecular weight excluding hydrogens is 482 g/mol. The van der Waals surface area contributed by atoms with Crippen LogP contribution >= 0.6 is 23.5 Å². The van der Waals surface area contributed by atoms with Gasteiger partial charge >= 0.3 is 0 Å². The van der Waals surface area contributed by atoms with Crippen molar-refractivity contribution in [2.24, 2.45) is 4.99 Å². The van der Waals surface area contributed by atoms with Crippen LogP contribution in [-0.4, -0.2) is 38.5 Å². The van der Waals surface area contributed by atoms with Crippen molar-refractivity contribution in [3.63, 3.8) is 0 Å². The van der Waals surface area contributed by atoms with E-state index in [1.165, 1.54) is 36.5 Å². The molecule has 35 heavy (non-hydrogen) atoms. The largest absolute Gasteiger partial charge is 0.295 e. The van der Waals surface area contributed by atoms with Gasteiger partial charge < -0.3 is 0 Å². The van der Waals surface area contributed by atoms with Gasteiger partial charge in [0.1, 0.15) is 0 Å². The molecule has 0 radical (unpaired) electrons. The van der Waals surface area contributed by atoms with E-state index in [2.05, 4.69) is 4.99 Å². The van der Waals surface area contributed by atoms with Crippen molar-refractivity contribution in [3.05, 3.63) is 94.0 Å². The summed E-state index contributed by atoms with van der Waals surface area (Å²) in [4.78, 5) is 44.1. The summed E-state index contributed by atoms with van der Waals surface area (Å²) < 4.78 is 0. The first-order valence-electron chi connectivity index (χ1n) is 11.0. The first-order chi connectivity index (χ1) is 16.9. The van der Waals surface area contributed by atoms with Crippen LogP contribution in [0.5, 0.6) is 0 Å². The molecule has 1 atom stereocenters. The first-order valence-corrected chi connectivity index (χ1v) is 12.8. The summed E-state index contributed by atoms with van der Waals surface area (Å²) in [5, 5.41) is 12.4. The zero-order valence-electron chi connectivity index (χ0n) is 19.2. The van der Waals surface area contributed by atoms with Crippen LogP contribution in [0.25, 0.3) is 0 Å². The molecule has 1 fully saturated rings. The van der Waals surface area contributed by atoms with E-state index in [1.807, 2.05) is 37.3 Å². The van der Waals surface area contributed by atoms with Crippen molar-refractivity contribution in [1.29, 1.82) is 0 Å². The Morgan fingerprint density at radius 3 is 2.40 bits per heavy atom. The van der Waals surface area contributed by atoms with Crippen LogP contribution in [-0.2, 0) is 0 Å². The van der Waals surface area contributed by atoms with Gasteiger partial charge in [-0.1, -0.05) is 48.6 Å². The SMILES string of the molecule is CC[C@H]1CSC(=Nc2ccc(C(C)=O)cc2)N1C(=O)c1ccc(Sc2ccccc2)c([N+](=O)[O-])c1. The van der Waals surface area contributed by atoms with E-state index in [0.717, 1.165) is 11.3 Å². The van der Waals surface area contributed by atoms with Crippen LogP contribution in [0.2, 0.25) is 0 Å². The van der Waals surface area contributed by atoms with Crippen molar-refractivity contribution in [2.75, 3.05) is 5.75 Å². The molecule has 3 aromatic rings. The Morgan fingerprint density at radius 1 is 1.09 bits per heavy atom. The maximum absolute atomic E-state index is 13.6. The van der Waals surface area contributed by atoms with E-state index in [0.29, 0.717) is 27.1 Å². The van der Waals surface area contributed by atoms with Gasteiger partial charge in [0.15, 0.2) is 11.0 Å². The second-order valence-electron chi connectivity index (χ2n) is 7.90. The third-order valence-electron chi connectivity index (χ3n) is 5.54. The Labute approximate surface area is 211 Å². The lowest BCUT2D eigenvalue weighted by molar-refractivity contribution is -0.387. The predicted molar refractivity (Wildman–Crippen MR) is 140 cm³/mol. The molecular formula is C26H23N3O4S2. The smallest absolute Gasteiger partial charge is 0.284 e. The van der Waals surface area contributed by atoms with E-state index in [9.17, 15) is 19.7 Å². The molecule has 1 amide bonds. The van der Waals surface area contributed by atoms with Crippen LogP contribution in [0.4, 0.5) is 11.4 Å². The quantitative estimate of drug-likeness (QED) is 0.204. The number of rotatable bonds is 7. The number of hydrogen-bond acceptors (Lipinski definition) is 7. The van der Waals surface area contributed by atoms with Gasteiger partial charge in [-0.2, -0.15) is 0 Å². The van der Waals surface area contributed by atoms with Gasteiger partial charge in [-0.15, -0.1) is 0 Å². The van der Waals surface area contributed by atoms with Crippen molar-refractivity contribution in [2.45, 2.75) is 36.1 Å². The number of hydrogen-bond donors (Lipinski definition) is 0. The number of amidine groups is 1. The molecule has 7 nitrogen and oxygen atoms in total. The molecule has 0 bridgehead atoms. The average Bonchev–Trinajstić information content (AvgIpc) is 3.27. The monoisotopic (exact) mass is 505 g/mol. The molecule has 1 saturated heterocycles. The minimum absolute atomic E-state index is 0.0298. The van der Waals surface area contributed by atoms with Gasteiger partial charge in [0.05, 0.1) is 15.5 Å². The number of aliphatic imine (C=N–C) groups is 1. The third-order valence-corrected chi connectivity index (χ3v) is 7.71. The summed E-state index contributed by atoms with van der Waals surface area (Å²) in [7, 11) is 0. The van der Waals surface area contributed by atoms with Gasteiger partial charge in [0, 0.05) is 33.9 Å². The van der Waals surface area contributed by atoms with Crippen LogP contribution in [0.15, 0.2) is 87.6 Å². The number of nitro benzene ring substituents is 1. The third kappa shape index (κ3) is 5.63. The molecule has 0 N–H and O–H groups in total. The second-order valence-corrected chi connectivity index (χ2v) is 10.0. The summed E-state index contributed by atoms with van der Waals surface area (Å²) in [5.41, 5.74) is 1.36. The fourth-order valence-corrected chi connectivity index (χ4v) is 5.81. The zero-order valence-corrected chi connectivity index (χ0v) is 20.8. The van der Waals surface area contributed by atoms with Gasteiger partial charge in [0.2, 0.25) is 0 Å². The summed E-state index contributed by atoms with van der Waals surface area (Å²) in [5.74, 6) is 0.342. The summed E-state index contributed by atoms with van der Waals surface area (Å²) in [6, 6.07) is 20.8. The highest BCUT2D eigenvalue weighted by molar-refractivity contribution is 8.14. The molecule has 1 aliphatic heterocycles. The summed E-state index contributed by atoms with van der Waals surface area (Å²) in [6.07, 6.45) is 0.727. The fraction of sp³-hybridized carbons (Fsp3) is 0.192. The van der Waals surface area contributed by atoms with Gasteiger partial charge in [0.25, 0.3) is 11.6 Å². The Kier molecular flexibility index (Phi) is 7.67. The lowest BCUT2D eigenvalue weighted by atomic mass is 10.1. The summed E-state index contributed by atoms with van der Waals surface area (Å²) >= 11 is 2.76. The van der Waals surface area contributed by atoms with Crippen molar-refractivity contribution < 1.29 is 14.5 Å². The van der Waals surface area contributed by atoms with Gasteiger partial charge in [-0.3, -0.25) is 24.6 Å². The minimum atomic E-state index is -0.455.